The quantitative estimate of drug-likeness (QED) is 0.441. The van der Waals surface area contributed by atoms with Gasteiger partial charge in [0, 0.05) is 44.9 Å². The number of nitrogens with one attached hydrogen (secondary N) is 1. The number of rotatable bonds is 5. The van der Waals surface area contributed by atoms with Crippen LogP contribution in [0.3, 0.4) is 0 Å². The molecule has 1 fully saturated rings. The number of carbonyl (C=O) groups is 1. The Morgan fingerprint density at radius 3 is 2.67 bits per heavy atom. The molecule has 186 valence electrons. The summed E-state index contributed by atoms with van der Waals surface area (Å²) in [7, 11) is 1.58. The number of nitrogens with zero attached hydrogens (tertiary/aromatic N) is 5. The van der Waals surface area contributed by atoms with Crippen LogP contribution in [0.5, 0.6) is 5.75 Å². The first-order valence-electron chi connectivity index (χ1n) is 11.2. The molecule has 5 rings (SSSR count). The number of urea groups is 1. The maximum Gasteiger partial charge on any atom is 0.322 e. The normalized spacial score (nSPS) is 14.2. The minimum absolute atomic E-state index is 0.197. The lowest BCUT2D eigenvalue weighted by atomic mass is 10.2. The average Bonchev–Trinajstić information content (AvgIpc) is 3.31. The lowest BCUT2D eigenvalue weighted by molar-refractivity contribution is 0.142. The van der Waals surface area contributed by atoms with E-state index in [0.717, 1.165) is 23.8 Å². The third-order valence-corrected chi connectivity index (χ3v) is 6.79. The van der Waals surface area contributed by atoms with Crippen LogP contribution in [0.25, 0.3) is 15.5 Å². The minimum Gasteiger partial charge on any atom is -0.496 e. The Kier molecular flexibility index (Phi) is 6.61. The van der Waals surface area contributed by atoms with Gasteiger partial charge in [-0.15, -0.1) is 0 Å². The number of benzene rings is 2. The van der Waals surface area contributed by atoms with Gasteiger partial charge in [-0.05, 0) is 24.3 Å². The van der Waals surface area contributed by atoms with Crippen LogP contribution < -0.4 is 15.6 Å². The van der Waals surface area contributed by atoms with Gasteiger partial charge in [-0.3, -0.25) is 9.69 Å². The zero-order valence-electron chi connectivity index (χ0n) is 19.3. The fourth-order valence-electron chi connectivity index (χ4n) is 3.99. The van der Waals surface area contributed by atoms with Crippen molar-refractivity contribution in [2.45, 2.75) is 6.54 Å². The summed E-state index contributed by atoms with van der Waals surface area (Å²) in [6.07, 6.45) is 0. The molecule has 0 radical (unpaired) electrons. The second-order valence-electron chi connectivity index (χ2n) is 8.21. The van der Waals surface area contributed by atoms with E-state index in [4.69, 9.17) is 4.74 Å². The largest absolute Gasteiger partial charge is 0.496 e. The molecule has 0 spiro atoms. The predicted molar refractivity (Wildman–Crippen MR) is 131 cm³/mol. The number of para-hydroxylation sites is 1. The van der Waals surface area contributed by atoms with Crippen LogP contribution in [-0.2, 0) is 6.54 Å². The highest BCUT2D eigenvalue weighted by molar-refractivity contribution is 7.19. The average molecular weight is 513 g/mol. The van der Waals surface area contributed by atoms with Gasteiger partial charge in [-0.25, -0.2) is 18.6 Å². The summed E-state index contributed by atoms with van der Waals surface area (Å²) in [5.74, 6) is -0.673. The van der Waals surface area contributed by atoms with Gasteiger partial charge in [0.05, 0.1) is 24.1 Å². The van der Waals surface area contributed by atoms with E-state index in [2.05, 4.69) is 20.3 Å². The Hall–Kier alpha value is -3.90. The number of carbonyl (C=O) groups excluding carboxylic acids is 1. The standard InChI is InChI=1S/C24H22F2N6O3S/c1-35-20-5-3-2-4-17(20)22-29-32-21(33)13-16(27-24(32)36-22)14-30-8-10-31(11-9-30)23(34)28-19-12-15(25)6-7-18(19)26/h2-7,12-13H,8-11,14H2,1H3,(H,28,34). The molecule has 1 aliphatic heterocycles. The molecule has 4 aromatic rings. The highest BCUT2D eigenvalue weighted by Gasteiger charge is 2.23. The van der Waals surface area contributed by atoms with Crippen molar-refractivity contribution in [2.24, 2.45) is 0 Å². The summed E-state index contributed by atoms with van der Waals surface area (Å²) in [5, 5.41) is 7.47. The molecular formula is C24H22F2N6O3S. The number of ether oxygens (including phenoxy) is 1. The van der Waals surface area contributed by atoms with Gasteiger partial charge in [-0.2, -0.15) is 9.61 Å². The highest BCUT2D eigenvalue weighted by atomic mass is 32.1. The second-order valence-corrected chi connectivity index (χ2v) is 9.16. The summed E-state index contributed by atoms with van der Waals surface area (Å²) in [6, 6.07) is 11.3. The molecule has 0 atom stereocenters. The number of aromatic nitrogens is 3. The van der Waals surface area contributed by atoms with Crippen molar-refractivity contribution >= 4 is 28.0 Å². The van der Waals surface area contributed by atoms with E-state index >= 15 is 0 Å². The van der Waals surface area contributed by atoms with E-state index in [-0.39, 0.29) is 11.2 Å². The summed E-state index contributed by atoms with van der Waals surface area (Å²) < 4.78 is 33.9. The first-order valence-corrected chi connectivity index (χ1v) is 12.0. The van der Waals surface area contributed by atoms with Crippen LogP contribution in [0, 0.1) is 11.6 Å². The molecule has 9 nitrogen and oxygen atoms in total. The molecule has 12 heteroatoms. The fourth-order valence-corrected chi connectivity index (χ4v) is 4.95. The van der Waals surface area contributed by atoms with Crippen LogP contribution in [0.2, 0.25) is 0 Å². The summed E-state index contributed by atoms with van der Waals surface area (Å²) >= 11 is 1.30. The van der Waals surface area contributed by atoms with Gasteiger partial charge >= 0.3 is 6.03 Å². The summed E-state index contributed by atoms with van der Waals surface area (Å²) in [6.45, 7) is 2.29. The van der Waals surface area contributed by atoms with E-state index in [1.54, 1.807) is 7.11 Å². The van der Waals surface area contributed by atoms with E-state index < -0.39 is 17.7 Å². The Bertz CT molecular complexity index is 1480. The van der Waals surface area contributed by atoms with Crippen LogP contribution in [0.1, 0.15) is 5.69 Å². The van der Waals surface area contributed by atoms with E-state index in [9.17, 15) is 18.4 Å². The fraction of sp³-hybridized carbons (Fsp3) is 0.250. The monoisotopic (exact) mass is 512 g/mol. The van der Waals surface area contributed by atoms with E-state index in [1.807, 2.05) is 24.3 Å². The molecule has 2 aromatic carbocycles. The molecule has 0 saturated carbocycles. The predicted octanol–water partition coefficient (Wildman–Crippen LogP) is 3.45. The van der Waals surface area contributed by atoms with Crippen LogP contribution in [0.15, 0.2) is 53.3 Å². The lowest BCUT2D eigenvalue weighted by Gasteiger charge is -2.34. The summed E-state index contributed by atoms with van der Waals surface area (Å²) in [5.41, 5.74) is 0.916. The number of fused-ring (bicyclic) bond motifs is 1. The molecule has 36 heavy (non-hydrogen) atoms. The third-order valence-electron chi connectivity index (χ3n) is 5.85. The molecule has 2 aromatic heterocycles. The van der Waals surface area contributed by atoms with E-state index in [1.165, 1.54) is 26.8 Å². The van der Waals surface area contributed by atoms with Crippen molar-refractivity contribution < 1.29 is 18.3 Å². The maximum atomic E-state index is 13.8. The Morgan fingerprint density at radius 1 is 1.11 bits per heavy atom. The SMILES string of the molecule is COc1ccccc1-c1nn2c(=O)cc(CN3CCN(C(=O)Nc4cc(F)ccc4F)CC3)nc2s1. The van der Waals surface area contributed by atoms with Crippen molar-refractivity contribution in [3.63, 3.8) is 0 Å². The number of hydrogen-bond donors (Lipinski definition) is 1. The van der Waals surface area contributed by atoms with Gasteiger partial charge in [0.2, 0.25) is 4.96 Å². The van der Waals surface area contributed by atoms with Crippen molar-refractivity contribution in [1.29, 1.82) is 0 Å². The summed E-state index contributed by atoms with van der Waals surface area (Å²) in [4.78, 5) is 33.9. The topological polar surface area (TPSA) is 92.1 Å². The van der Waals surface area contributed by atoms with Gasteiger partial charge < -0.3 is 15.0 Å². The first kappa shape index (κ1) is 23.8. The van der Waals surface area contributed by atoms with Crippen LogP contribution in [-0.4, -0.2) is 63.7 Å². The first-order chi connectivity index (χ1) is 17.4. The number of halogens is 2. The van der Waals surface area contributed by atoms with Crippen molar-refractivity contribution in [3.05, 3.63) is 76.2 Å². The Balaban J connectivity index is 1.25. The maximum absolute atomic E-state index is 13.8. The molecule has 3 heterocycles. The smallest absolute Gasteiger partial charge is 0.322 e. The molecule has 1 N–H and O–H groups in total. The Labute approximate surface area is 208 Å². The molecule has 0 aliphatic carbocycles. The van der Waals surface area contributed by atoms with Crippen LogP contribution in [0.4, 0.5) is 19.3 Å². The second kappa shape index (κ2) is 9.99. The van der Waals surface area contributed by atoms with Crippen LogP contribution >= 0.6 is 11.3 Å². The van der Waals surface area contributed by atoms with Crippen molar-refractivity contribution in [1.82, 2.24) is 24.4 Å². The van der Waals surface area contributed by atoms with Gasteiger partial charge in [0.1, 0.15) is 17.4 Å². The van der Waals surface area contributed by atoms with Crippen molar-refractivity contribution in [2.75, 3.05) is 38.6 Å². The molecule has 0 unspecified atom stereocenters. The molecule has 1 aliphatic rings. The molecular weight excluding hydrogens is 490 g/mol. The minimum atomic E-state index is -0.701. The number of anilines is 1. The Morgan fingerprint density at radius 2 is 1.89 bits per heavy atom. The lowest BCUT2D eigenvalue weighted by Crippen LogP contribution is -2.49. The van der Waals surface area contributed by atoms with Gasteiger partial charge in [0.25, 0.3) is 5.56 Å². The third kappa shape index (κ3) is 4.90. The van der Waals surface area contributed by atoms with Gasteiger partial charge in [-0.1, -0.05) is 23.5 Å². The van der Waals surface area contributed by atoms with E-state index in [0.29, 0.717) is 54.1 Å². The number of hydrogen-bond acceptors (Lipinski definition) is 7. The number of piperazine rings is 1. The number of methoxy groups -OCH3 is 1. The zero-order valence-corrected chi connectivity index (χ0v) is 20.1. The molecule has 2 amide bonds. The zero-order chi connectivity index (χ0) is 25.2. The number of amides is 2. The van der Waals surface area contributed by atoms with Gasteiger partial charge in [0.15, 0.2) is 5.01 Å². The molecule has 1 saturated heterocycles. The van der Waals surface area contributed by atoms with Crippen molar-refractivity contribution in [3.8, 4) is 16.3 Å². The highest BCUT2D eigenvalue weighted by Crippen LogP contribution is 2.32. The molecule has 0 bridgehead atoms.